The molecule has 17 heavy (non-hydrogen) atoms. The van der Waals surface area contributed by atoms with Crippen molar-refractivity contribution in [2.75, 3.05) is 0 Å². The van der Waals surface area contributed by atoms with E-state index in [4.69, 9.17) is 5.73 Å². The maximum atomic E-state index is 12.2. The SMILES string of the molecule is NC(=C(C=O)C=Nc1ccccc1)C(F)(F)F. The van der Waals surface area contributed by atoms with E-state index in [-0.39, 0.29) is 6.29 Å². The lowest BCUT2D eigenvalue weighted by Crippen LogP contribution is -2.22. The van der Waals surface area contributed by atoms with Crippen molar-refractivity contribution in [1.82, 2.24) is 0 Å². The van der Waals surface area contributed by atoms with Crippen LogP contribution in [-0.2, 0) is 4.79 Å². The summed E-state index contributed by atoms with van der Waals surface area (Å²) in [4.78, 5) is 14.2. The monoisotopic (exact) mass is 242 g/mol. The van der Waals surface area contributed by atoms with E-state index in [0.717, 1.165) is 6.21 Å². The van der Waals surface area contributed by atoms with Crippen LogP contribution < -0.4 is 5.73 Å². The number of rotatable bonds is 3. The number of halogens is 3. The molecule has 1 rings (SSSR count). The third-order valence-corrected chi connectivity index (χ3v) is 1.85. The van der Waals surface area contributed by atoms with Gasteiger partial charge in [-0.15, -0.1) is 0 Å². The normalized spacial score (nSPS) is 13.6. The predicted molar refractivity (Wildman–Crippen MR) is 57.9 cm³/mol. The first-order chi connectivity index (χ1) is 7.95. The largest absolute Gasteiger partial charge is 0.431 e. The molecule has 0 fully saturated rings. The van der Waals surface area contributed by atoms with Crippen LogP contribution in [-0.4, -0.2) is 18.7 Å². The number of nitrogens with two attached hydrogens (primary N) is 1. The molecular formula is C11H9F3N2O. The maximum absolute atomic E-state index is 12.2. The number of hydrogen-bond acceptors (Lipinski definition) is 3. The van der Waals surface area contributed by atoms with Gasteiger partial charge in [0.2, 0.25) is 0 Å². The molecule has 0 aromatic heterocycles. The Bertz CT molecular complexity index is 450. The molecule has 0 bridgehead atoms. The van der Waals surface area contributed by atoms with Crippen molar-refractivity contribution in [2.45, 2.75) is 6.18 Å². The zero-order valence-electron chi connectivity index (χ0n) is 8.61. The van der Waals surface area contributed by atoms with E-state index >= 15 is 0 Å². The molecule has 0 atom stereocenters. The van der Waals surface area contributed by atoms with Crippen molar-refractivity contribution < 1.29 is 18.0 Å². The standard InChI is InChI=1S/C11H9F3N2O/c12-11(13,14)10(15)8(7-17)6-16-9-4-2-1-3-5-9/h1-7H,15H2. The number of hydrogen-bond donors (Lipinski definition) is 1. The van der Waals surface area contributed by atoms with Crippen LogP contribution in [0.2, 0.25) is 0 Å². The Morgan fingerprint density at radius 2 is 1.82 bits per heavy atom. The van der Waals surface area contributed by atoms with Gasteiger partial charge in [0.05, 0.1) is 11.3 Å². The summed E-state index contributed by atoms with van der Waals surface area (Å²) in [5, 5.41) is 0. The molecule has 0 amide bonds. The number of aldehydes is 1. The minimum atomic E-state index is -4.74. The summed E-state index contributed by atoms with van der Waals surface area (Å²) in [5.74, 6) is 0. The van der Waals surface area contributed by atoms with Crippen LogP contribution in [0.1, 0.15) is 0 Å². The summed E-state index contributed by atoms with van der Waals surface area (Å²) in [5.41, 5.74) is 3.09. The third kappa shape index (κ3) is 3.75. The molecule has 0 unspecified atom stereocenters. The van der Waals surface area contributed by atoms with Gasteiger partial charge in [0, 0.05) is 6.21 Å². The molecule has 1 aromatic rings. The van der Waals surface area contributed by atoms with Crippen molar-refractivity contribution in [3.63, 3.8) is 0 Å². The molecule has 2 N–H and O–H groups in total. The molecule has 1 aromatic carbocycles. The molecule has 0 aliphatic rings. The molecule has 3 nitrogen and oxygen atoms in total. The van der Waals surface area contributed by atoms with Gasteiger partial charge >= 0.3 is 6.18 Å². The van der Waals surface area contributed by atoms with Gasteiger partial charge in [-0.1, -0.05) is 18.2 Å². The minimum Gasteiger partial charge on any atom is -0.394 e. The lowest BCUT2D eigenvalue weighted by atomic mass is 10.2. The highest BCUT2D eigenvalue weighted by Gasteiger charge is 2.33. The first kappa shape index (κ1) is 13.0. The number of carbonyl (C=O) groups excluding carboxylic acids is 1. The number of para-hydroxylation sites is 1. The number of aliphatic imine (C=N–C) groups is 1. The molecule has 0 aliphatic carbocycles. The predicted octanol–water partition coefficient (Wildman–Crippen LogP) is 2.36. The van der Waals surface area contributed by atoms with Gasteiger partial charge in [-0.05, 0) is 12.1 Å². The van der Waals surface area contributed by atoms with Gasteiger partial charge in [-0.25, -0.2) is 0 Å². The van der Waals surface area contributed by atoms with Gasteiger partial charge < -0.3 is 5.73 Å². The van der Waals surface area contributed by atoms with E-state index in [0.29, 0.717) is 5.69 Å². The number of carbonyl (C=O) groups is 1. The van der Waals surface area contributed by atoms with E-state index in [2.05, 4.69) is 4.99 Å². The zero-order valence-corrected chi connectivity index (χ0v) is 8.61. The number of benzene rings is 1. The van der Waals surface area contributed by atoms with Gasteiger partial charge in [0.15, 0.2) is 6.29 Å². The van der Waals surface area contributed by atoms with Crippen LogP contribution in [0.3, 0.4) is 0 Å². The van der Waals surface area contributed by atoms with E-state index in [1.165, 1.54) is 0 Å². The average molecular weight is 242 g/mol. The first-order valence-electron chi connectivity index (χ1n) is 4.56. The van der Waals surface area contributed by atoms with E-state index in [9.17, 15) is 18.0 Å². The van der Waals surface area contributed by atoms with Crippen molar-refractivity contribution in [2.24, 2.45) is 10.7 Å². The molecule has 0 aliphatic heterocycles. The van der Waals surface area contributed by atoms with Crippen molar-refractivity contribution in [1.29, 1.82) is 0 Å². The molecule has 0 radical (unpaired) electrons. The van der Waals surface area contributed by atoms with Gasteiger partial charge in [0.25, 0.3) is 0 Å². The van der Waals surface area contributed by atoms with Crippen LogP contribution in [0.25, 0.3) is 0 Å². The molecule has 0 spiro atoms. The first-order valence-corrected chi connectivity index (χ1v) is 4.56. The van der Waals surface area contributed by atoms with Crippen LogP contribution >= 0.6 is 0 Å². The van der Waals surface area contributed by atoms with Crippen molar-refractivity contribution in [3.05, 3.63) is 41.6 Å². The van der Waals surface area contributed by atoms with Gasteiger partial charge in [0.1, 0.15) is 5.70 Å². The Labute approximate surface area is 95.5 Å². The quantitative estimate of drug-likeness (QED) is 0.502. The summed E-state index contributed by atoms with van der Waals surface area (Å²) < 4.78 is 36.6. The molecule has 0 heterocycles. The summed E-state index contributed by atoms with van der Waals surface area (Å²) in [6, 6.07) is 8.25. The van der Waals surface area contributed by atoms with E-state index in [1.807, 2.05) is 0 Å². The fourth-order valence-corrected chi connectivity index (χ4v) is 0.985. The van der Waals surface area contributed by atoms with E-state index < -0.39 is 17.4 Å². The Kier molecular flexibility index (Phi) is 4.03. The molecule has 90 valence electrons. The fraction of sp³-hybridized carbons (Fsp3) is 0.0909. The van der Waals surface area contributed by atoms with Crippen LogP contribution in [0.5, 0.6) is 0 Å². The van der Waals surface area contributed by atoms with Crippen molar-refractivity contribution >= 4 is 18.2 Å². The van der Waals surface area contributed by atoms with Crippen LogP contribution in [0.4, 0.5) is 18.9 Å². The Hall–Kier alpha value is -2.11. The maximum Gasteiger partial charge on any atom is 0.431 e. The highest BCUT2D eigenvalue weighted by molar-refractivity contribution is 6.03. The summed E-state index contributed by atoms with van der Waals surface area (Å²) in [6.45, 7) is 0. The lowest BCUT2D eigenvalue weighted by molar-refractivity contribution is -0.107. The number of allylic oxidation sites excluding steroid dienone is 2. The summed E-state index contributed by atoms with van der Waals surface area (Å²) >= 11 is 0. The lowest BCUT2D eigenvalue weighted by Gasteiger charge is -2.06. The molecule has 0 saturated carbocycles. The summed E-state index contributed by atoms with van der Waals surface area (Å²) in [7, 11) is 0. The fourth-order valence-electron chi connectivity index (χ4n) is 0.985. The van der Waals surface area contributed by atoms with Crippen molar-refractivity contribution in [3.8, 4) is 0 Å². The molecule has 0 saturated heterocycles. The second-order valence-electron chi connectivity index (χ2n) is 3.08. The van der Waals surface area contributed by atoms with Gasteiger partial charge in [-0.2, -0.15) is 13.2 Å². The molecule has 6 heteroatoms. The van der Waals surface area contributed by atoms with Crippen LogP contribution in [0.15, 0.2) is 46.6 Å². The van der Waals surface area contributed by atoms with Gasteiger partial charge in [-0.3, -0.25) is 9.79 Å². The Morgan fingerprint density at radius 3 is 2.29 bits per heavy atom. The Morgan fingerprint density at radius 1 is 1.24 bits per heavy atom. The third-order valence-electron chi connectivity index (χ3n) is 1.85. The Balaban J connectivity index is 3.00. The highest BCUT2D eigenvalue weighted by atomic mass is 19.4. The minimum absolute atomic E-state index is 0.0231. The summed E-state index contributed by atoms with van der Waals surface area (Å²) in [6.07, 6.45) is -3.92. The second kappa shape index (κ2) is 5.29. The topological polar surface area (TPSA) is 55.5 Å². The molecular weight excluding hydrogens is 233 g/mol. The number of alkyl halides is 3. The second-order valence-corrected chi connectivity index (χ2v) is 3.08. The van der Waals surface area contributed by atoms with Crippen LogP contribution in [0, 0.1) is 0 Å². The van der Waals surface area contributed by atoms with E-state index in [1.54, 1.807) is 30.3 Å². The smallest absolute Gasteiger partial charge is 0.394 e. The highest BCUT2D eigenvalue weighted by Crippen LogP contribution is 2.23. The zero-order chi connectivity index (χ0) is 12.9. The number of nitrogens with zero attached hydrogens (tertiary/aromatic N) is 1. The average Bonchev–Trinajstić information content (AvgIpc) is 2.30.